The predicted octanol–water partition coefficient (Wildman–Crippen LogP) is 3.95. The molecule has 31 heavy (non-hydrogen) atoms. The topological polar surface area (TPSA) is 75.9 Å². The number of carbonyl (C=O) groups excluding carboxylic acids is 1. The summed E-state index contributed by atoms with van der Waals surface area (Å²) in [5.74, 6) is -0.981. The molecule has 1 aliphatic heterocycles. The second-order valence-corrected chi connectivity index (χ2v) is 7.17. The Labute approximate surface area is 174 Å². The van der Waals surface area contributed by atoms with E-state index in [0.29, 0.717) is 28.0 Å². The molecule has 10 heteroatoms. The van der Waals surface area contributed by atoms with E-state index < -0.39 is 23.8 Å². The molecule has 4 heterocycles. The molecule has 0 radical (unpaired) electrons. The molecule has 1 aromatic carbocycles. The molecule has 7 nitrogen and oxygen atoms in total. The van der Waals surface area contributed by atoms with Crippen molar-refractivity contribution in [2.45, 2.75) is 6.17 Å². The van der Waals surface area contributed by atoms with Gasteiger partial charge in [0.25, 0.3) is 0 Å². The highest BCUT2D eigenvalue weighted by Crippen LogP contribution is 2.24. The molecule has 1 fully saturated rings. The number of nitrogens with one attached hydrogen (secondary N) is 1. The van der Waals surface area contributed by atoms with Crippen LogP contribution in [-0.4, -0.2) is 49.9 Å². The lowest BCUT2D eigenvalue weighted by atomic mass is 10.1. The van der Waals surface area contributed by atoms with Crippen molar-refractivity contribution in [3.8, 4) is 16.9 Å². The Morgan fingerprint density at radius 3 is 2.65 bits per heavy atom. The first-order valence-corrected chi connectivity index (χ1v) is 9.43. The number of carbonyl (C=O) groups is 1. The Morgan fingerprint density at radius 2 is 1.90 bits per heavy atom. The number of hydrogen-bond acceptors (Lipinski definition) is 4. The zero-order valence-corrected chi connectivity index (χ0v) is 16.0. The molecule has 1 N–H and O–H groups in total. The zero-order valence-electron chi connectivity index (χ0n) is 16.0. The smallest absolute Gasteiger partial charge is 0.319 e. The van der Waals surface area contributed by atoms with Crippen LogP contribution in [0.2, 0.25) is 0 Å². The van der Waals surface area contributed by atoms with Gasteiger partial charge in [-0.25, -0.2) is 27.6 Å². The first-order chi connectivity index (χ1) is 15.0. The van der Waals surface area contributed by atoms with Crippen molar-refractivity contribution >= 4 is 22.8 Å². The summed E-state index contributed by atoms with van der Waals surface area (Å²) in [6.45, 7) is 0.0860. The van der Waals surface area contributed by atoms with E-state index in [1.807, 2.05) is 0 Å². The number of halogens is 3. The number of pyridine rings is 2. The van der Waals surface area contributed by atoms with Crippen LogP contribution in [-0.2, 0) is 0 Å². The number of anilines is 1. The molecular weight excluding hydrogens is 409 g/mol. The zero-order chi connectivity index (χ0) is 21.5. The van der Waals surface area contributed by atoms with Gasteiger partial charge in [-0.2, -0.15) is 0 Å². The highest BCUT2D eigenvalue weighted by molar-refractivity contribution is 5.90. The van der Waals surface area contributed by atoms with Crippen molar-refractivity contribution in [2.24, 2.45) is 0 Å². The predicted molar refractivity (Wildman–Crippen MR) is 107 cm³/mol. The van der Waals surface area contributed by atoms with Crippen molar-refractivity contribution in [1.82, 2.24) is 24.6 Å². The quantitative estimate of drug-likeness (QED) is 0.541. The van der Waals surface area contributed by atoms with Crippen LogP contribution in [0.4, 0.5) is 23.7 Å². The maximum absolute atomic E-state index is 14.5. The summed E-state index contributed by atoms with van der Waals surface area (Å²) in [6, 6.07) is 8.24. The lowest BCUT2D eigenvalue weighted by molar-refractivity contribution is 0.0974. The van der Waals surface area contributed by atoms with Crippen molar-refractivity contribution in [2.75, 3.05) is 18.4 Å². The Bertz CT molecular complexity index is 1280. The Hall–Kier alpha value is -3.95. The molecule has 0 atom stereocenters. The monoisotopic (exact) mass is 424 g/mol. The molecule has 4 aromatic rings. The summed E-state index contributed by atoms with van der Waals surface area (Å²) in [7, 11) is 0. The van der Waals surface area contributed by atoms with Crippen molar-refractivity contribution in [3.63, 3.8) is 0 Å². The number of urea groups is 1. The van der Waals surface area contributed by atoms with Crippen LogP contribution >= 0.6 is 0 Å². The average molecular weight is 424 g/mol. The molecule has 1 aliphatic rings. The second kappa shape index (κ2) is 7.38. The molecule has 1 saturated heterocycles. The van der Waals surface area contributed by atoms with Gasteiger partial charge in [0.1, 0.15) is 23.5 Å². The highest BCUT2D eigenvalue weighted by Gasteiger charge is 2.30. The van der Waals surface area contributed by atoms with Crippen molar-refractivity contribution < 1.29 is 18.0 Å². The summed E-state index contributed by atoms with van der Waals surface area (Å²) >= 11 is 0. The fourth-order valence-corrected chi connectivity index (χ4v) is 3.28. The summed E-state index contributed by atoms with van der Waals surface area (Å²) in [4.78, 5) is 21.7. The van der Waals surface area contributed by atoms with E-state index in [-0.39, 0.29) is 18.8 Å². The van der Waals surface area contributed by atoms with Crippen LogP contribution in [0.1, 0.15) is 0 Å². The van der Waals surface area contributed by atoms with Gasteiger partial charge in [0, 0.05) is 29.0 Å². The summed E-state index contributed by atoms with van der Waals surface area (Å²) in [5, 5.41) is 7.56. The molecule has 5 rings (SSSR count). The Kier molecular flexibility index (Phi) is 4.54. The third kappa shape index (κ3) is 3.67. The first kappa shape index (κ1) is 19.0. The van der Waals surface area contributed by atoms with Crippen LogP contribution in [0.3, 0.4) is 0 Å². The maximum Gasteiger partial charge on any atom is 0.322 e. The standard InChI is InChI=1S/C21H15F3N6O/c22-14-1-4-18(25-8-14)12-5-13-9-30(28-20(13)26-7-12)19-6-16(2-3-17(19)24)27-21(31)29-10-15(23)11-29/h1-9,15H,10-11H2,(H,27,31). The van der Waals surface area contributed by atoms with E-state index in [9.17, 15) is 18.0 Å². The molecule has 156 valence electrons. The molecule has 0 unspecified atom stereocenters. The molecule has 0 spiro atoms. The number of benzene rings is 1. The number of amides is 2. The number of hydrogen-bond donors (Lipinski definition) is 1. The van der Waals surface area contributed by atoms with Gasteiger partial charge in [0.15, 0.2) is 5.65 Å². The Morgan fingerprint density at radius 1 is 1.06 bits per heavy atom. The number of alkyl halides is 1. The van der Waals surface area contributed by atoms with Crippen LogP contribution in [0.15, 0.2) is 55.0 Å². The van der Waals surface area contributed by atoms with Gasteiger partial charge in [-0.1, -0.05) is 0 Å². The molecule has 2 amide bonds. The van der Waals surface area contributed by atoms with E-state index in [1.54, 1.807) is 18.5 Å². The minimum atomic E-state index is -1.01. The molecule has 0 aliphatic carbocycles. The maximum atomic E-state index is 14.5. The molecule has 3 aromatic heterocycles. The highest BCUT2D eigenvalue weighted by atomic mass is 19.1. The SMILES string of the molecule is O=C(Nc1ccc(F)c(-n2cc3cc(-c4ccc(F)cn4)cnc3n2)c1)N1CC(F)C1. The van der Waals surface area contributed by atoms with Gasteiger partial charge in [-0.15, -0.1) is 5.10 Å². The molecule has 0 bridgehead atoms. The number of fused-ring (bicyclic) bond motifs is 1. The average Bonchev–Trinajstić information content (AvgIpc) is 3.16. The largest absolute Gasteiger partial charge is 0.322 e. The van der Waals surface area contributed by atoms with E-state index in [1.165, 1.54) is 39.9 Å². The van der Waals surface area contributed by atoms with Crippen LogP contribution < -0.4 is 5.32 Å². The second-order valence-electron chi connectivity index (χ2n) is 7.17. The summed E-state index contributed by atoms with van der Waals surface area (Å²) in [6.07, 6.45) is 3.26. The van der Waals surface area contributed by atoms with Gasteiger partial charge in [-0.3, -0.25) is 4.98 Å². The number of rotatable bonds is 3. The van der Waals surface area contributed by atoms with E-state index >= 15 is 0 Å². The van der Waals surface area contributed by atoms with E-state index in [4.69, 9.17) is 0 Å². The molecular formula is C21H15F3N6O. The van der Waals surface area contributed by atoms with Crippen molar-refractivity contribution in [3.05, 3.63) is 66.6 Å². The first-order valence-electron chi connectivity index (χ1n) is 9.43. The van der Waals surface area contributed by atoms with Gasteiger partial charge in [0.05, 0.1) is 25.0 Å². The minimum Gasteiger partial charge on any atom is -0.319 e. The van der Waals surface area contributed by atoms with Crippen LogP contribution in [0.5, 0.6) is 0 Å². The third-order valence-corrected chi connectivity index (χ3v) is 4.95. The molecule has 0 saturated carbocycles. The van der Waals surface area contributed by atoms with Crippen LogP contribution in [0, 0.1) is 11.6 Å². The van der Waals surface area contributed by atoms with E-state index in [2.05, 4.69) is 20.4 Å². The number of likely N-dealkylation sites (tertiary alicyclic amines) is 1. The summed E-state index contributed by atoms with van der Waals surface area (Å²) < 4.78 is 41.9. The van der Waals surface area contributed by atoms with Crippen LogP contribution in [0.25, 0.3) is 28.0 Å². The van der Waals surface area contributed by atoms with Gasteiger partial charge >= 0.3 is 6.03 Å². The minimum absolute atomic E-state index is 0.0430. The van der Waals surface area contributed by atoms with Gasteiger partial charge < -0.3 is 10.2 Å². The normalized spacial score (nSPS) is 14.0. The number of nitrogens with zero attached hydrogens (tertiary/aromatic N) is 5. The van der Waals surface area contributed by atoms with Gasteiger partial charge in [0.2, 0.25) is 0 Å². The lowest BCUT2D eigenvalue weighted by Gasteiger charge is -2.34. The fourth-order valence-electron chi connectivity index (χ4n) is 3.28. The lowest BCUT2D eigenvalue weighted by Crippen LogP contribution is -2.53. The Balaban J connectivity index is 1.44. The summed E-state index contributed by atoms with van der Waals surface area (Å²) in [5.41, 5.74) is 2.06. The number of aromatic nitrogens is 4. The van der Waals surface area contributed by atoms with Gasteiger partial charge in [-0.05, 0) is 36.4 Å². The van der Waals surface area contributed by atoms with Crippen molar-refractivity contribution in [1.29, 1.82) is 0 Å². The third-order valence-electron chi connectivity index (χ3n) is 4.95. The van der Waals surface area contributed by atoms with E-state index in [0.717, 1.165) is 6.20 Å². The fraction of sp³-hybridized carbons (Fsp3) is 0.143.